The minimum atomic E-state index is -0.930. The van der Waals surface area contributed by atoms with Gasteiger partial charge in [0, 0.05) is 29.8 Å². The molecule has 0 atom stereocenters. The summed E-state index contributed by atoms with van der Waals surface area (Å²) in [5.41, 5.74) is -0.280. The first-order valence-corrected chi connectivity index (χ1v) is 7.02. The molecule has 0 heterocycles. The van der Waals surface area contributed by atoms with E-state index >= 15 is 0 Å². The number of hydrogen-bond donors (Lipinski definition) is 2. The van der Waals surface area contributed by atoms with Crippen LogP contribution in [0.2, 0.25) is 10.0 Å². The standard InChI is InChI=1S/C15H10Cl2F2N2O2/c1-7(22)21-14-5-13(11(18)4-12(14)19)20-6-8-2-9(16)3-10(17)15(8)23/h2-6,23H,1H3,(H,21,22). The molecule has 120 valence electrons. The van der Waals surface area contributed by atoms with Crippen molar-refractivity contribution in [2.45, 2.75) is 6.92 Å². The number of carbonyl (C=O) groups excluding carboxylic acids is 1. The number of carbonyl (C=O) groups is 1. The van der Waals surface area contributed by atoms with Crippen molar-refractivity contribution in [2.24, 2.45) is 4.99 Å². The van der Waals surface area contributed by atoms with E-state index in [1.807, 2.05) is 0 Å². The van der Waals surface area contributed by atoms with Gasteiger partial charge >= 0.3 is 0 Å². The van der Waals surface area contributed by atoms with Crippen LogP contribution in [-0.2, 0) is 4.79 Å². The zero-order valence-corrected chi connectivity index (χ0v) is 13.2. The number of amides is 1. The summed E-state index contributed by atoms with van der Waals surface area (Å²) in [6, 6.07) is 4.35. The summed E-state index contributed by atoms with van der Waals surface area (Å²) in [5.74, 6) is -2.64. The molecule has 0 saturated heterocycles. The van der Waals surface area contributed by atoms with Crippen molar-refractivity contribution in [1.82, 2.24) is 0 Å². The van der Waals surface area contributed by atoms with E-state index in [1.54, 1.807) is 0 Å². The topological polar surface area (TPSA) is 61.7 Å². The van der Waals surface area contributed by atoms with Gasteiger partial charge in [0.1, 0.15) is 17.3 Å². The zero-order chi connectivity index (χ0) is 17.1. The van der Waals surface area contributed by atoms with E-state index < -0.39 is 17.5 Å². The van der Waals surface area contributed by atoms with Crippen LogP contribution >= 0.6 is 23.2 Å². The highest BCUT2D eigenvalue weighted by atomic mass is 35.5. The van der Waals surface area contributed by atoms with Gasteiger partial charge in [0.25, 0.3) is 0 Å². The number of phenolic OH excluding ortho intramolecular Hbond substituents is 1. The summed E-state index contributed by atoms with van der Waals surface area (Å²) in [5, 5.41) is 12.3. The number of aliphatic imine (C=N–C) groups is 1. The van der Waals surface area contributed by atoms with Gasteiger partial charge in [0.05, 0.1) is 10.7 Å². The van der Waals surface area contributed by atoms with Gasteiger partial charge in [0.2, 0.25) is 5.91 Å². The second-order valence-corrected chi connectivity index (χ2v) is 5.39. The fourth-order valence-corrected chi connectivity index (χ4v) is 2.25. The first-order chi connectivity index (χ1) is 10.8. The lowest BCUT2D eigenvalue weighted by molar-refractivity contribution is -0.114. The van der Waals surface area contributed by atoms with Crippen LogP contribution in [0.4, 0.5) is 20.2 Å². The van der Waals surface area contributed by atoms with Gasteiger partial charge < -0.3 is 10.4 Å². The Labute approximate surface area is 140 Å². The van der Waals surface area contributed by atoms with Crippen LogP contribution in [0.3, 0.4) is 0 Å². The Morgan fingerprint density at radius 1 is 1.22 bits per heavy atom. The monoisotopic (exact) mass is 358 g/mol. The molecule has 0 spiro atoms. The number of rotatable bonds is 3. The SMILES string of the molecule is CC(=O)Nc1cc(N=Cc2cc(Cl)cc(Cl)c2O)c(F)cc1F. The number of nitrogens with one attached hydrogen (secondary N) is 1. The van der Waals surface area contributed by atoms with Crippen LogP contribution in [0, 0.1) is 11.6 Å². The van der Waals surface area contributed by atoms with E-state index in [0.29, 0.717) is 6.07 Å². The molecular formula is C15H10Cl2F2N2O2. The predicted molar refractivity (Wildman–Crippen MR) is 86.0 cm³/mol. The molecule has 4 nitrogen and oxygen atoms in total. The Morgan fingerprint density at radius 2 is 1.91 bits per heavy atom. The van der Waals surface area contributed by atoms with Gasteiger partial charge in [-0.1, -0.05) is 23.2 Å². The molecule has 0 aliphatic rings. The van der Waals surface area contributed by atoms with Crippen LogP contribution in [0.1, 0.15) is 12.5 Å². The largest absolute Gasteiger partial charge is 0.506 e. The summed E-state index contributed by atoms with van der Waals surface area (Å²) in [4.78, 5) is 14.8. The number of hydrogen-bond acceptors (Lipinski definition) is 3. The number of anilines is 1. The molecule has 0 aromatic heterocycles. The molecule has 0 radical (unpaired) electrons. The van der Waals surface area contributed by atoms with E-state index in [1.165, 1.54) is 19.1 Å². The average molecular weight is 359 g/mol. The number of benzene rings is 2. The Morgan fingerprint density at radius 3 is 2.57 bits per heavy atom. The molecule has 0 unspecified atom stereocenters. The molecule has 0 aliphatic carbocycles. The molecule has 8 heteroatoms. The average Bonchev–Trinajstić information content (AvgIpc) is 2.44. The minimum Gasteiger partial charge on any atom is -0.506 e. The maximum absolute atomic E-state index is 13.7. The van der Waals surface area contributed by atoms with E-state index in [-0.39, 0.29) is 32.7 Å². The molecular weight excluding hydrogens is 349 g/mol. The van der Waals surface area contributed by atoms with E-state index in [4.69, 9.17) is 23.2 Å². The summed E-state index contributed by atoms with van der Waals surface area (Å²) >= 11 is 11.6. The molecule has 23 heavy (non-hydrogen) atoms. The molecule has 2 aromatic rings. The molecule has 0 aliphatic heterocycles. The fraction of sp³-hybridized carbons (Fsp3) is 0.0667. The molecule has 2 aromatic carbocycles. The lowest BCUT2D eigenvalue weighted by Gasteiger charge is -2.06. The smallest absolute Gasteiger partial charge is 0.221 e. The van der Waals surface area contributed by atoms with Crippen LogP contribution in [0.5, 0.6) is 5.75 Å². The van der Waals surface area contributed by atoms with Gasteiger partial charge in [-0.15, -0.1) is 0 Å². The molecule has 0 bridgehead atoms. The summed E-state index contributed by atoms with van der Waals surface area (Å²) in [6.45, 7) is 1.19. The van der Waals surface area contributed by atoms with Crippen LogP contribution in [-0.4, -0.2) is 17.2 Å². The maximum Gasteiger partial charge on any atom is 0.221 e. The van der Waals surface area contributed by atoms with E-state index in [2.05, 4.69) is 10.3 Å². The Bertz CT molecular complexity index is 811. The minimum absolute atomic E-state index is 0.0115. The second-order valence-electron chi connectivity index (χ2n) is 4.55. The number of halogens is 4. The highest BCUT2D eigenvalue weighted by Gasteiger charge is 2.11. The third-order valence-corrected chi connectivity index (χ3v) is 3.25. The third-order valence-electron chi connectivity index (χ3n) is 2.75. The number of nitrogens with zero attached hydrogens (tertiary/aromatic N) is 1. The van der Waals surface area contributed by atoms with Crippen molar-refractivity contribution in [3.63, 3.8) is 0 Å². The quantitative estimate of drug-likeness (QED) is 0.782. The van der Waals surface area contributed by atoms with Crippen LogP contribution < -0.4 is 5.32 Å². The Hall–Kier alpha value is -2.18. The van der Waals surface area contributed by atoms with E-state index in [0.717, 1.165) is 12.3 Å². The Kier molecular flexibility index (Phi) is 5.18. The van der Waals surface area contributed by atoms with E-state index in [9.17, 15) is 18.7 Å². The normalized spacial score (nSPS) is 11.0. The molecule has 2 rings (SSSR count). The van der Waals surface area contributed by atoms with Crippen molar-refractivity contribution >= 4 is 46.7 Å². The van der Waals surface area contributed by atoms with Crippen molar-refractivity contribution in [2.75, 3.05) is 5.32 Å². The van der Waals surface area contributed by atoms with Crippen molar-refractivity contribution in [1.29, 1.82) is 0 Å². The summed E-state index contributed by atoms with van der Waals surface area (Å²) in [7, 11) is 0. The predicted octanol–water partition coefficient (Wildman–Crippen LogP) is 4.69. The van der Waals surface area contributed by atoms with Gasteiger partial charge in [-0.25, -0.2) is 8.78 Å². The highest BCUT2D eigenvalue weighted by Crippen LogP contribution is 2.31. The third kappa shape index (κ3) is 4.18. The fourth-order valence-electron chi connectivity index (χ4n) is 1.75. The van der Waals surface area contributed by atoms with Crippen LogP contribution in [0.25, 0.3) is 0 Å². The highest BCUT2D eigenvalue weighted by molar-refractivity contribution is 6.36. The second kappa shape index (κ2) is 6.93. The molecule has 2 N–H and O–H groups in total. The molecule has 0 fully saturated rings. The van der Waals surface area contributed by atoms with Crippen molar-refractivity contribution in [3.8, 4) is 5.75 Å². The number of aromatic hydroxyl groups is 1. The first-order valence-electron chi connectivity index (χ1n) is 6.26. The summed E-state index contributed by atoms with van der Waals surface area (Å²) < 4.78 is 27.3. The van der Waals surface area contributed by atoms with Crippen molar-refractivity contribution < 1.29 is 18.7 Å². The Balaban J connectivity index is 2.42. The number of phenols is 1. The first kappa shape index (κ1) is 17.2. The lowest BCUT2D eigenvalue weighted by atomic mass is 10.2. The summed E-state index contributed by atoms with van der Waals surface area (Å²) in [6.07, 6.45) is 1.13. The van der Waals surface area contributed by atoms with Gasteiger partial charge in [-0.05, 0) is 18.2 Å². The lowest BCUT2D eigenvalue weighted by Crippen LogP contribution is -2.07. The maximum atomic E-state index is 13.7. The zero-order valence-electron chi connectivity index (χ0n) is 11.7. The van der Waals surface area contributed by atoms with Gasteiger partial charge in [-0.3, -0.25) is 9.79 Å². The molecule has 0 saturated carbocycles. The van der Waals surface area contributed by atoms with Gasteiger partial charge in [-0.2, -0.15) is 0 Å². The molecule has 1 amide bonds. The van der Waals surface area contributed by atoms with Gasteiger partial charge in [0.15, 0.2) is 5.82 Å². The van der Waals surface area contributed by atoms with Crippen LogP contribution in [0.15, 0.2) is 29.3 Å². The van der Waals surface area contributed by atoms with Crippen molar-refractivity contribution in [3.05, 3.63) is 51.5 Å².